The molecule has 1 aliphatic carbocycles. The van der Waals surface area contributed by atoms with Gasteiger partial charge < -0.3 is 25.2 Å². The van der Waals surface area contributed by atoms with Gasteiger partial charge in [-0.15, -0.1) is 0 Å². The zero-order valence-electron chi connectivity index (χ0n) is 22.2. The van der Waals surface area contributed by atoms with Crippen molar-refractivity contribution < 1.29 is 19.1 Å². The van der Waals surface area contributed by atoms with Gasteiger partial charge in [-0.2, -0.15) is 0 Å². The van der Waals surface area contributed by atoms with Crippen molar-refractivity contribution in [2.24, 2.45) is 0 Å². The average molecular weight is 519 g/mol. The normalized spacial score (nSPS) is 18.5. The first-order valence-corrected chi connectivity index (χ1v) is 14.0. The van der Waals surface area contributed by atoms with Gasteiger partial charge in [0.2, 0.25) is 0 Å². The highest BCUT2D eigenvalue weighted by atomic mass is 16.5. The molecule has 2 heterocycles. The van der Waals surface area contributed by atoms with Crippen LogP contribution in [0.15, 0.2) is 42.5 Å². The van der Waals surface area contributed by atoms with E-state index in [1.54, 1.807) is 11.8 Å². The third kappa shape index (κ3) is 5.95. The number of hydrogen-bond acceptors (Lipinski definition) is 4. The Labute approximate surface area is 224 Å². The number of benzene rings is 2. The second kappa shape index (κ2) is 11.9. The average Bonchev–Trinajstić information content (AvgIpc) is 3.11. The summed E-state index contributed by atoms with van der Waals surface area (Å²) in [5.74, 6) is -0.408. The first-order valence-electron chi connectivity index (χ1n) is 14.0. The summed E-state index contributed by atoms with van der Waals surface area (Å²) in [4.78, 5) is 42.5. The summed E-state index contributed by atoms with van der Waals surface area (Å²) in [5.41, 5.74) is 5.80. The summed E-state index contributed by atoms with van der Waals surface area (Å²) in [6.45, 7) is 3.76. The van der Waals surface area contributed by atoms with Crippen LogP contribution < -0.4 is 10.6 Å². The number of carbonyl (C=O) groups excluding carboxylic acids is 3. The second-order valence-corrected chi connectivity index (χ2v) is 10.5. The number of nitrogens with zero attached hydrogens (tertiary/aromatic N) is 2. The van der Waals surface area contributed by atoms with Gasteiger partial charge in [0, 0.05) is 37.8 Å². The van der Waals surface area contributed by atoms with Crippen LogP contribution >= 0.6 is 0 Å². The van der Waals surface area contributed by atoms with Crippen LogP contribution in [0.4, 0.5) is 15.3 Å². The van der Waals surface area contributed by atoms with Crippen molar-refractivity contribution in [1.82, 2.24) is 15.1 Å². The smallest absolute Gasteiger partial charge is 0.329 e. The number of urea groups is 2. The molecule has 202 valence electrons. The van der Waals surface area contributed by atoms with Crippen molar-refractivity contribution in [2.45, 2.75) is 70.4 Å². The number of aryl methyl sites for hydroxylation is 2. The minimum absolute atomic E-state index is 0.0738. The van der Waals surface area contributed by atoms with E-state index >= 15 is 0 Å². The fourth-order valence-corrected chi connectivity index (χ4v) is 5.94. The minimum atomic E-state index is -0.739. The van der Waals surface area contributed by atoms with Gasteiger partial charge in [-0.1, -0.05) is 36.4 Å². The number of para-hydroxylation sites is 1. The summed E-state index contributed by atoms with van der Waals surface area (Å²) < 4.78 is 5.30. The molecule has 5 rings (SSSR count). The molecule has 2 N–H and O–H groups in total. The summed E-state index contributed by atoms with van der Waals surface area (Å²) in [6.07, 6.45) is 7.20. The number of likely N-dealkylation sites (tertiary alicyclic amines) is 1. The number of fused-ring (bicyclic) bond motifs is 2. The molecule has 1 saturated heterocycles. The first-order chi connectivity index (χ1) is 18.5. The van der Waals surface area contributed by atoms with E-state index < -0.39 is 12.0 Å². The lowest BCUT2D eigenvalue weighted by Crippen LogP contribution is -2.54. The van der Waals surface area contributed by atoms with Crippen molar-refractivity contribution in [3.63, 3.8) is 0 Å². The summed E-state index contributed by atoms with van der Waals surface area (Å²) in [7, 11) is 0. The highest BCUT2D eigenvalue weighted by Crippen LogP contribution is 2.25. The zero-order valence-corrected chi connectivity index (χ0v) is 22.2. The monoisotopic (exact) mass is 518 g/mol. The molecule has 8 heteroatoms. The summed E-state index contributed by atoms with van der Waals surface area (Å²) >= 11 is 0. The van der Waals surface area contributed by atoms with E-state index in [4.69, 9.17) is 4.74 Å². The van der Waals surface area contributed by atoms with E-state index in [2.05, 4.69) is 34.9 Å². The second-order valence-electron chi connectivity index (χ2n) is 10.5. The fourth-order valence-electron chi connectivity index (χ4n) is 5.94. The van der Waals surface area contributed by atoms with Crippen LogP contribution in [0.5, 0.6) is 0 Å². The van der Waals surface area contributed by atoms with Crippen LogP contribution in [0, 0.1) is 0 Å². The van der Waals surface area contributed by atoms with E-state index in [1.807, 2.05) is 23.1 Å². The Hall–Kier alpha value is -3.55. The Balaban J connectivity index is 1.18. The number of carbonyl (C=O) groups is 3. The summed E-state index contributed by atoms with van der Waals surface area (Å²) in [5, 5.41) is 5.98. The maximum absolute atomic E-state index is 13.2. The van der Waals surface area contributed by atoms with Crippen LogP contribution in [0.2, 0.25) is 0 Å². The molecule has 4 amide bonds. The minimum Gasteiger partial charge on any atom is -0.464 e. The quantitative estimate of drug-likeness (QED) is 0.558. The lowest BCUT2D eigenvalue weighted by atomic mass is 9.89. The molecule has 2 aliphatic heterocycles. The van der Waals surface area contributed by atoms with Gasteiger partial charge in [0.05, 0.1) is 6.61 Å². The lowest BCUT2D eigenvalue weighted by molar-refractivity contribution is -0.145. The summed E-state index contributed by atoms with van der Waals surface area (Å²) in [6, 6.07) is 13.3. The van der Waals surface area contributed by atoms with E-state index in [-0.39, 0.29) is 24.7 Å². The van der Waals surface area contributed by atoms with Gasteiger partial charge in [-0.05, 0) is 80.2 Å². The molecular formula is C30H38N4O4. The largest absolute Gasteiger partial charge is 0.464 e. The van der Waals surface area contributed by atoms with Crippen LogP contribution in [-0.4, -0.2) is 66.2 Å². The molecule has 1 fully saturated rings. The first kappa shape index (κ1) is 26.1. The lowest BCUT2D eigenvalue weighted by Gasteiger charge is -2.38. The number of hydrogen-bond donors (Lipinski definition) is 2. The molecule has 1 atom stereocenters. The number of anilines is 1. The van der Waals surface area contributed by atoms with E-state index in [0.717, 1.165) is 36.1 Å². The molecule has 0 bridgehead atoms. The topological polar surface area (TPSA) is 91.0 Å². The standard InChI is InChI=1S/C30H38N4O4/c1-2-38-28(35)27(20-21-11-12-22-7-3-4-9-24(22)19-21)32-29(36)33-16-14-25(15-17-33)34-18-13-23-8-5-6-10-26(23)31-30(34)37/h5-6,8,10-12,19,25,27H,2-4,7,9,13-18,20H2,1H3,(H,31,37)(H,32,36). The van der Waals surface area contributed by atoms with Crippen LogP contribution in [0.25, 0.3) is 0 Å². The van der Waals surface area contributed by atoms with Gasteiger partial charge in [0.1, 0.15) is 6.04 Å². The number of amides is 4. The highest BCUT2D eigenvalue weighted by Gasteiger charge is 2.33. The Bertz CT molecular complexity index is 1170. The molecule has 8 nitrogen and oxygen atoms in total. The Morgan fingerprint density at radius 2 is 1.76 bits per heavy atom. The predicted molar refractivity (Wildman–Crippen MR) is 146 cm³/mol. The van der Waals surface area contributed by atoms with Gasteiger partial charge in [-0.3, -0.25) is 0 Å². The number of rotatable bonds is 6. The van der Waals surface area contributed by atoms with E-state index in [1.165, 1.54) is 24.0 Å². The van der Waals surface area contributed by atoms with Crippen molar-refractivity contribution >= 4 is 23.7 Å². The highest BCUT2D eigenvalue weighted by molar-refractivity contribution is 5.91. The Kier molecular flexibility index (Phi) is 8.15. The van der Waals surface area contributed by atoms with Crippen LogP contribution in [0.3, 0.4) is 0 Å². The molecule has 2 aromatic rings. The van der Waals surface area contributed by atoms with Crippen LogP contribution in [0.1, 0.15) is 54.9 Å². The zero-order chi connectivity index (χ0) is 26.5. The number of esters is 1. The number of ether oxygens (including phenoxy) is 1. The van der Waals surface area contributed by atoms with Crippen molar-refractivity contribution in [2.75, 3.05) is 31.6 Å². The van der Waals surface area contributed by atoms with Gasteiger partial charge in [0.15, 0.2) is 0 Å². The maximum Gasteiger partial charge on any atom is 0.329 e. The Morgan fingerprint density at radius 1 is 1.00 bits per heavy atom. The molecule has 0 saturated carbocycles. The molecule has 0 aromatic heterocycles. The van der Waals surface area contributed by atoms with Gasteiger partial charge >= 0.3 is 18.0 Å². The molecular weight excluding hydrogens is 480 g/mol. The molecule has 0 spiro atoms. The van der Waals surface area contributed by atoms with Crippen molar-refractivity contribution in [1.29, 1.82) is 0 Å². The number of nitrogens with one attached hydrogen (secondary N) is 2. The Morgan fingerprint density at radius 3 is 2.55 bits per heavy atom. The molecule has 2 aromatic carbocycles. The third-order valence-corrected chi connectivity index (χ3v) is 8.06. The molecule has 0 radical (unpaired) electrons. The van der Waals surface area contributed by atoms with E-state index in [9.17, 15) is 14.4 Å². The van der Waals surface area contributed by atoms with Gasteiger partial charge in [0.25, 0.3) is 0 Å². The molecule has 38 heavy (non-hydrogen) atoms. The third-order valence-electron chi connectivity index (χ3n) is 8.06. The fraction of sp³-hybridized carbons (Fsp3) is 0.500. The van der Waals surface area contributed by atoms with Crippen molar-refractivity contribution in [3.05, 3.63) is 64.7 Å². The van der Waals surface area contributed by atoms with Crippen LogP contribution in [-0.2, 0) is 35.2 Å². The molecule has 3 aliphatic rings. The predicted octanol–water partition coefficient (Wildman–Crippen LogP) is 4.30. The SMILES string of the molecule is CCOC(=O)C(Cc1ccc2c(c1)CCCC2)NC(=O)N1CCC(N2CCc3ccccc3NC2=O)CC1. The van der Waals surface area contributed by atoms with Crippen molar-refractivity contribution in [3.8, 4) is 0 Å². The molecule has 1 unspecified atom stereocenters. The van der Waals surface area contributed by atoms with E-state index in [0.29, 0.717) is 38.9 Å². The number of piperidine rings is 1. The van der Waals surface area contributed by atoms with Gasteiger partial charge in [-0.25, -0.2) is 14.4 Å². The maximum atomic E-state index is 13.2.